The van der Waals surface area contributed by atoms with Gasteiger partial charge < -0.3 is 15.1 Å². The monoisotopic (exact) mass is 449 g/mol. The number of hydrogen-bond donors (Lipinski definition) is 1. The van der Waals surface area contributed by atoms with Crippen molar-refractivity contribution in [2.75, 3.05) is 13.1 Å². The number of oxazole rings is 1. The third-order valence-corrected chi connectivity index (χ3v) is 4.59. The van der Waals surface area contributed by atoms with Crippen molar-refractivity contribution < 1.29 is 9.21 Å². The maximum atomic E-state index is 12.7. The first kappa shape index (κ1) is 25.7. The molecule has 0 saturated carbocycles. The highest BCUT2D eigenvalue weighted by molar-refractivity contribution is 5.85. The largest absolute Gasteiger partial charge is 0.441 e. The highest BCUT2D eigenvalue weighted by atomic mass is 35.5. The minimum Gasteiger partial charge on any atom is -0.441 e. The van der Waals surface area contributed by atoms with Crippen LogP contribution >= 0.6 is 24.8 Å². The maximum absolute atomic E-state index is 12.7. The Kier molecular flexibility index (Phi) is 11.8. The summed E-state index contributed by atoms with van der Waals surface area (Å²) in [6.07, 6.45) is 4.38. The summed E-state index contributed by atoms with van der Waals surface area (Å²) in [5, 5.41) is 0. The summed E-state index contributed by atoms with van der Waals surface area (Å²) in [6, 6.07) is 20.0. The molecule has 1 heterocycles. The highest BCUT2D eigenvalue weighted by Crippen LogP contribution is 2.20. The molecule has 0 atom stereocenters. The Hall–Kier alpha value is -2.34. The van der Waals surface area contributed by atoms with Crippen LogP contribution in [0.5, 0.6) is 0 Å². The molecular weight excluding hydrogens is 421 g/mol. The van der Waals surface area contributed by atoms with Crippen molar-refractivity contribution in [3.05, 3.63) is 78.3 Å². The fourth-order valence-corrected chi connectivity index (χ4v) is 3.09. The zero-order chi connectivity index (χ0) is 19.6. The molecule has 1 amide bonds. The summed E-state index contributed by atoms with van der Waals surface area (Å²) in [5.74, 6) is 1.57. The minimum atomic E-state index is 0. The van der Waals surface area contributed by atoms with E-state index in [-0.39, 0.29) is 30.7 Å². The molecule has 3 aromatic rings. The lowest BCUT2D eigenvalue weighted by Gasteiger charge is -2.22. The van der Waals surface area contributed by atoms with Crippen LogP contribution in [0.3, 0.4) is 0 Å². The van der Waals surface area contributed by atoms with Crippen molar-refractivity contribution >= 4 is 30.7 Å². The average molecular weight is 450 g/mol. The predicted molar refractivity (Wildman–Crippen MR) is 125 cm³/mol. The van der Waals surface area contributed by atoms with Crippen LogP contribution < -0.4 is 5.73 Å². The molecule has 0 aliphatic rings. The zero-order valence-corrected chi connectivity index (χ0v) is 18.5. The standard InChI is InChI=1S/C23H27N3O2.2ClH/c24-15-8-16-26(18-19-9-3-1-4-10-19)23(27)14-7-13-22-25-17-21(28-22)20-11-5-2-6-12-20;;/h1-6,9-12,17H,7-8,13-16,18,24H2;2*1H. The number of hydrogen-bond acceptors (Lipinski definition) is 4. The Morgan fingerprint density at radius 2 is 1.63 bits per heavy atom. The van der Waals surface area contributed by atoms with Gasteiger partial charge in [-0.15, -0.1) is 24.8 Å². The summed E-state index contributed by atoms with van der Waals surface area (Å²) < 4.78 is 5.82. The molecule has 3 rings (SSSR count). The first-order valence-corrected chi connectivity index (χ1v) is 9.78. The lowest BCUT2D eigenvalue weighted by Crippen LogP contribution is -2.32. The molecule has 162 valence electrons. The second kappa shape index (κ2) is 13.8. The van der Waals surface area contributed by atoms with Gasteiger partial charge in [-0.3, -0.25) is 4.79 Å². The number of carbonyl (C=O) groups excluding carboxylic acids is 1. The number of halogens is 2. The molecule has 0 saturated heterocycles. The van der Waals surface area contributed by atoms with Crippen LogP contribution in [0.4, 0.5) is 0 Å². The number of aromatic nitrogens is 1. The van der Waals surface area contributed by atoms with Gasteiger partial charge in [0.15, 0.2) is 11.7 Å². The Morgan fingerprint density at radius 3 is 2.30 bits per heavy atom. The summed E-state index contributed by atoms with van der Waals surface area (Å²) in [4.78, 5) is 18.9. The molecule has 5 nitrogen and oxygen atoms in total. The first-order valence-electron chi connectivity index (χ1n) is 9.78. The summed E-state index contributed by atoms with van der Waals surface area (Å²) in [6.45, 7) is 1.88. The molecule has 7 heteroatoms. The molecule has 0 radical (unpaired) electrons. The lowest BCUT2D eigenvalue weighted by atomic mass is 10.1. The summed E-state index contributed by atoms with van der Waals surface area (Å²) in [5.41, 5.74) is 7.78. The van der Waals surface area contributed by atoms with E-state index in [2.05, 4.69) is 4.98 Å². The molecule has 30 heavy (non-hydrogen) atoms. The van der Waals surface area contributed by atoms with Gasteiger partial charge in [0.25, 0.3) is 0 Å². The number of nitrogens with two attached hydrogens (primary N) is 1. The SMILES string of the molecule is Cl.Cl.NCCCN(Cc1ccccc1)C(=O)CCCc1ncc(-c2ccccc2)o1. The molecule has 1 aromatic heterocycles. The van der Waals surface area contributed by atoms with E-state index in [0.29, 0.717) is 44.8 Å². The summed E-state index contributed by atoms with van der Waals surface area (Å²) in [7, 11) is 0. The van der Waals surface area contributed by atoms with Gasteiger partial charge in [-0.2, -0.15) is 0 Å². The van der Waals surface area contributed by atoms with Gasteiger partial charge in [-0.05, 0) is 24.9 Å². The molecule has 0 aliphatic heterocycles. The zero-order valence-electron chi connectivity index (χ0n) is 16.9. The normalized spacial score (nSPS) is 10.0. The van der Waals surface area contributed by atoms with E-state index < -0.39 is 0 Å². The third-order valence-electron chi connectivity index (χ3n) is 4.59. The van der Waals surface area contributed by atoms with E-state index in [9.17, 15) is 4.79 Å². The van der Waals surface area contributed by atoms with Crippen molar-refractivity contribution in [3.8, 4) is 11.3 Å². The van der Waals surface area contributed by atoms with E-state index >= 15 is 0 Å². The van der Waals surface area contributed by atoms with Crippen molar-refractivity contribution in [1.82, 2.24) is 9.88 Å². The minimum absolute atomic E-state index is 0. The van der Waals surface area contributed by atoms with E-state index in [4.69, 9.17) is 10.2 Å². The lowest BCUT2D eigenvalue weighted by molar-refractivity contribution is -0.132. The van der Waals surface area contributed by atoms with Gasteiger partial charge in [0.2, 0.25) is 5.91 Å². The maximum Gasteiger partial charge on any atom is 0.222 e. The van der Waals surface area contributed by atoms with Crippen molar-refractivity contribution in [2.24, 2.45) is 5.73 Å². The predicted octanol–water partition coefficient (Wildman–Crippen LogP) is 4.89. The quantitative estimate of drug-likeness (QED) is 0.478. The van der Waals surface area contributed by atoms with E-state index in [1.807, 2.05) is 65.6 Å². The summed E-state index contributed by atoms with van der Waals surface area (Å²) >= 11 is 0. The molecule has 0 unspecified atom stereocenters. The van der Waals surface area contributed by atoms with Gasteiger partial charge in [0.05, 0.1) is 6.20 Å². The number of aryl methyl sites for hydroxylation is 1. The number of rotatable bonds is 10. The molecule has 2 aromatic carbocycles. The Balaban J connectivity index is 0.00000225. The molecular formula is C23H29Cl2N3O2. The van der Waals surface area contributed by atoms with Crippen LogP contribution in [0.25, 0.3) is 11.3 Å². The smallest absolute Gasteiger partial charge is 0.222 e. The van der Waals surface area contributed by atoms with Crippen LogP contribution in [0.15, 0.2) is 71.3 Å². The second-order valence-electron chi connectivity index (χ2n) is 6.78. The number of benzene rings is 2. The molecule has 0 aliphatic carbocycles. The van der Waals surface area contributed by atoms with Gasteiger partial charge in [-0.25, -0.2) is 4.98 Å². The fourth-order valence-electron chi connectivity index (χ4n) is 3.09. The Morgan fingerprint density at radius 1 is 0.967 bits per heavy atom. The van der Waals surface area contributed by atoms with Gasteiger partial charge in [0, 0.05) is 31.5 Å². The van der Waals surface area contributed by atoms with Gasteiger partial charge >= 0.3 is 0 Å². The second-order valence-corrected chi connectivity index (χ2v) is 6.78. The highest BCUT2D eigenvalue weighted by Gasteiger charge is 2.14. The molecule has 2 N–H and O–H groups in total. The van der Waals surface area contributed by atoms with Crippen molar-refractivity contribution in [2.45, 2.75) is 32.2 Å². The first-order chi connectivity index (χ1) is 13.8. The Labute approximate surface area is 190 Å². The van der Waals surface area contributed by atoms with E-state index in [1.165, 1.54) is 0 Å². The fraction of sp³-hybridized carbons (Fsp3) is 0.304. The van der Waals surface area contributed by atoms with Crippen LogP contribution in [-0.2, 0) is 17.8 Å². The van der Waals surface area contributed by atoms with E-state index in [0.717, 1.165) is 23.3 Å². The molecule has 0 fully saturated rings. The number of nitrogens with zero attached hydrogens (tertiary/aromatic N) is 2. The van der Waals surface area contributed by atoms with Crippen LogP contribution in [0, 0.1) is 0 Å². The van der Waals surface area contributed by atoms with Crippen LogP contribution in [0.1, 0.15) is 30.7 Å². The van der Waals surface area contributed by atoms with Crippen molar-refractivity contribution in [1.29, 1.82) is 0 Å². The Bertz CT molecular complexity index is 857. The number of carbonyl (C=O) groups is 1. The molecule has 0 bridgehead atoms. The van der Waals surface area contributed by atoms with E-state index in [1.54, 1.807) is 6.20 Å². The van der Waals surface area contributed by atoms with Gasteiger partial charge in [0.1, 0.15) is 0 Å². The van der Waals surface area contributed by atoms with Gasteiger partial charge in [-0.1, -0.05) is 60.7 Å². The number of amides is 1. The van der Waals surface area contributed by atoms with Crippen LogP contribution in [0.2, 0.25) is 0 Å². The van der Waals surface area contributed by atoms with Crippen LogP contribution in [-0.4, -0.2) is 28.9 Å². The molecule has 0 spiro atoms. The third kappa shape index (κ3) is 7.82. The average Bonchev–Trinajstić information content (AvgIpc) is 3.21. The van der Waals surface area contributed by atoms with Crippen molar-refractivity contribution in [3.63, 3.8) is 0 Å². The topological polar surface area (TPSA) is 72.4 Å².